The Bertz CT molecular complexity index is 833. The zero-order chi connectivity index (χ0) is 13.6. The van der Waals surface area contributed by atoms with Crippen LogP contribution in [0, 0.1) is 28.5 Å². The molecule has 0 N–H and O–H groups in total. The Kier molecular flexibility index (Phi) is 2.45. The summed E-state index contributed by atoms with van der Waals surface area (Å²) in [7, 11) is 0. The summed E-state index contributed by atoms with van der Waals surface area (Å²) in [4.78, 5) is 12.4. The Morgan fingerprint density at radius 3 is 2.74 bits per heavy atom. The minimum atomic E-state index is -0.401. The van der Waals surface area contributed by atoms with Crippen molar-refractivity contribution in [2.75, 3.05) is 0 Å². The molecule has 1 aliphatic rings. The third-order valence-corrected chi connectivity index (χ3v) is 4.28. The second-order valence-corrected chi connectivity index (χ2v) is 5.18. The van der Waals surface area contributed by atoms with E-state index < -0.39 is 5.82 Å². The molecular weight excluding hydrogens is 263 g/mol. The number of carbonyl (C=O) groups is 1. The van der Waals surface area contributed by atoms with Crippen LogP contribution in [0.5, 0.6) is 0 Å². The number of fused-ring (bicyclic) bond motifs is 3. The summed E-state index contributed by atoms with van der Waals surface area (Å²) in [6, 6.07) is 7.88. The first-order valence-electron chi connectivity index (χ1n) is 5.44. The molecule has 1 aromatic heterocycles. The largest absolute Gasteiger partial charge is 0.293 e. The van der Waals surface area contributed by atoms with Gasteiger partial charge in [0, 0.05) is 22.1 Å². The number of allylic oxidation sites excluding steroid dienone is 2. The Labute approximate surface area is 111 Å². The molecule has 0 unspecified atom stereocenters. The smallest absolute Gasteiger partial charge is 0.177 e. The third-order valence-electron chi connectivity index (χ3n) is 3.07. The van der Waals surface area contributed by atoms with Gasteiger partial charge in [-0.25, -0.2) is 4.39 Å². The molecule has 19 heavy (non-hydrogen) atoms. The number of nitriles is 2. The van der Waals surface area contributed by atoms with Crippen molar-refractivity contribution in [1.82, 2.24) is 0 Å². The average Bonchev–Trinajstić information content (AvgIpc) is 2.90. The van der Waals surface area contributed by atoms with Crippen molar-refractivity contribution in [1.29, 1.82) is 10.5 Å². The van der Waals surface area contributed by atoms with Crippen LogP contribution in [0.1, 0.15) is 21.7 Å². The van der Waals surface area contributed by atoms with Crippen molar-refractivity contribution in [3.63, 3.8) is 0 Å². The number of hydrogen-bond donors (Lipinski definition) is 0. The van der Waals surface area contributed by atoms with Gasteiger partial charge in [0.2, 0.25) is 0 Å². The number of carbonyl (C=O) groups excluding carboxylic acids is 1. The predicted molar refractivity (Wildman–Crippen MR) is 68.9 cm³/mol. The molecule has 3 rings (SSSR count). The van der Waals surface area contributed by atoms with E-state index in [0.29, 0.717) is 21.4 Å². The molecule has 0 saturated heterocycles. The minimum Gasteiger partial charge on any atom is -0.293 e. The van der Waals surface area contributed by atoms with Crippen LogP contribution >= 0.6 is 11.3 Å². The van der Waals surface area contributed by atoms with Gasteiger partial charge in [0.1, 0.15) is 23.5 Å². The zero-order valence-corrected chi connectivity index (χ0v) is 10.3. The standard InChI is InChI=1S/C14H5FN2OS/c15-8-1-2-12-10(3-8)13-9(7(5-16)6-17)4-11(18)14(13)19-12/h1-3H,4H2. The van der Waals surface area contributed by atoms with Crippen LogP contribution in [-0.4, -0.2) is 5.78 Å². The van der Waals surface area contributed by atoms with Crippen LogP contribution in [0.2, 0.25) is 0 Å². The van der Waals surface area contributed by atoms with E-state index in [-0.39, 0.29) is 17.8 Å². The summed E-state index contributed by atoms with van der Waals surface area (Å²) in [6.07, 6.45) is 0.0457. The molecule has 0 aliphatic heterocycles. The molecule has 0 fully saturated rings. The first-order chi connectivity index (χ1) is 9.15. The average molecular weight is 268 g/mol. The lowest BCUT2D eigenvalue weighted by Crippen LogP contribution is -1.87. The maximum atomic E-state index is 13.3. The second kappa shape index (κ2) is 4.01. The molecule has 0 radical (unpaired) electrons. The lowest BCUT2D eigenvalue weighted by molar-refractivity contribution is 0.101. The molecule has 0 spiro atoms. The Hall–Kier alpha value is -2.50. The van der Waals surface area contributed by atoms with Crippen LogP contribution in [0.25, 0.3) is 15.7 Å². The van der Waals surface area contributed by atoms with Crippen molar-refractivity contribution in [3.05, 3.63) is 40.0 Å². The number of halogens is 1. The van der Waals surface area contributed by atoms with Crippen LogP contribution in [-0.2, 0) is 0 Å². The summed E-state index contributed by atoms with van der Waals surface area (Å²) in [5.74, 6) is -0.517. The van der Waals surface area contributed by atoms with Gasteiger partial charge in [0.15, 0.2) is 5.78 Å². The zero-order valence-electron chi connectivity index (χ0n) is 9.53. The molecule has 0 atom stereocenters. The van der Waals surface area contributed by atoms with E-state index in [1.807, 2.05) is 0 Å². The lowest BCUT2D eigenvalue weighted by atomic mass is 10.0. The van der Waals surface area contributed by atoms with Crippen molar-refractivity contribution in [3.8, 4) is 12.1 Å². The van der Waals surface area contributed by atoms with Gasteiger partial charge in [-0.15, -0.1) is 11.3 Å². The van der Waals surface area contributed by atoms with Gasteiger partial charge in [-0.3, -0.25) is 4.79 Å². The summed E-state index contributed by atoms with van der Waals surface area (Å²) in [5.41, 5.74) is 0.903. The summed E-state index contributed by atoms with van der Waals surface area (Å²) >= 11 is 1.28. The quantitative estimate of drug-likeness (QED) is 0.687. The predicted octanol–water partition coefficient (Wildman–Crippen LogP) is 3.43. The second-order valence-electron chi connectivity index (χ2n) is 4.12. The molecule has 2 aromatic rings. The van der Waals surface area contributed by atoms with Gasteiger partial charge < -0.3 is 0 Å². The van der Waals surface area contributed by atoms with E-state index >= 15 is 0 Å². The summed E-state index contributed by atoms with van der Waals surface area (Å²) in [5, 5.41) is 18.5. The van der Waals surface area contributed by atoms with Gasteiger partial charge in [0.05, 0.1) is 4.88 Å². The molecule has 0 bridgehead atoms. The van der Waals surface area contributed by atoms with E-state index in [0.717, 1.165) is 4.70 Å². The van der Waals surface area contributed by atoms with E-state index in [2.05, 4.69) is 0 Å². The minimum absolute atomic E-state index is 0.0457. The van der Waals surface area contributed by atoms with E-state index in [1.54, 1.807) is 18.2 Å². The summed E-state index contributed by atoms with van der Waals surface area (Å²) < 4.78 is 14.1. The van der Waals surface area contributed by atoms with Crippen LogP contribution < -0.4 is 0 Å². The van der Waals surface area contributed by atoms with E-state index in [1.165, 1.54) is 23.5 Å². The maximum Gasteiger partial charge on any atom is 0.177 e. The number of nitrogens with zero attached hydrogens (tertiary/aromatic N) is 2. The van der Waals surface area contributed by atoms with Crippen molar-refractivity contribution in [2.45, 2.75) is 6.42 Å². The van der Waals surface area contributed by atoms with E-state index in [9.17, 15) is 9.18 Å². The fourth-order valence-corrected chi connectivity index (χ4v) is 3.42. The SMILES string of the molecule is N#CC(C#N)=C1CC(=O)c2sc3ccc(F)cc3c21. The Morgan fingerprint density at radius 2 is 2.05 bits per heavy atom. The number of hydrogen-bond acceptors (Lipinski definition) is 4. The number of benzene rings is 1. The normalized spacial score (nSPS) is 13.2. The first-order valence-corrected chi connectivity index (χ1v) is 6.26. The molecule has 1 aromatic carbocycles. The Morgan fingerprint density at radius 1 is 1.32 bits per heavy atom. The van der Waals surface area contributed by atoms with Crippen LogP contribution in [0.3, 0.4) is 0 Å². The highest BCUT2D eigenvalue weighted by Crippen LogP contribution is 2.44. The highest BCUT2D eigenvalue weighted by atomic mass is 32.1. The fraction of sp³-hybridized carbons (Fsp3) is 0.0714. The molecule has 1 aliphatic carbocycles. The molecule has 0 amide bonds. The molecule has 1 heterocycles. The van der Waals surface area contributed by atoms with Crippen molar-refractivity contribution < 1.29 is 9.18 Å². The Balaban J connectivity index is 2.44. The highest BCUT2D eigenvalue weighted by Gasteiger charge is 2.31. The molecular formula is C14H5FN2OS. The highest BCUT2D eigenvalue weighted by molar-refractivity contribution is 7.21. The molecule has 3 nitrogen and oxygen atoms in total. The van der Waals surface area contributed by atoms with Crippen LogP contribution in [0.4, 0.5) is 4.39 Å². The van der Waals surface area contributed by atoms with Crippen molar-refractivity contribution >= 4 is 32.8 Å². The van der Waals surface area contributed by atoms with Gasteiger partial charge >= 0.3 is 0 Å². The lowest BCUT2D eigenvalue weighted by Gasteiger charge is -1.98. The number of thiophene rings is 1. The first kappa shape index (κ1) is 11.6. The number of rotatable bonds is 0. The summed E-state index contributed by atoms with van der Waals surface area (Å²) in [6.45, 7) is 0. The van der Waals surface area contributed by atoms with Gasteiger partial charge in [-0.05, 0) is 23.8 Å². The molecule has 0 saturated carbocycles. The maximum absolute atomic E-state index is 13.3. The molecule has 90 valence electrons. The fourth-order valence-electron chi connectivity index (χ4n) is 2.27. The number of ketones is 1. The van der Waals surface area contributed by atoms with Crippen LogP contribution in [0.15, 0.2) is 23.8 Å². The third kappa shape index (κ3) is 1.56. The van der Waals surface area contributed by atoms with Gasteiger partial charge in [0.25, 0.3) is 0 Å². The topological polar surface area (TPSA) is 64.7 Å². The van der Waals surface area contributed by atoms with Gasteiger partial charge in [-0.1, -0.05) is 0 Å². The van der Waals surface area contributed by atoms with Gasteiger partial charge in [-0.2, -0.15) is 10.5 Å². The van der Waals surface area contributed by atoms with E-state index in [4.69, 9.17) is 10.5 Å². The van der Waals surface area contributed by atoms with Crippen molar-refractivity contribution in [2.24, 2.45) is 0 Å². The molecule has 5 heteroatoms. The monoisotopic (exact) mass is 268 g/mol. The number of Topliss-reactive ketones (excluding diaryl/α,β-unsaturated/α-hetero) is 1.